The fourth-order valence-corrected chi connectivity index (χ4v) is 1.57. The molecule has 0 bridgehead atoms. The van der Waals surface area contributed by atoms with Crippen LogP contribution in [0.15, 0.2) is 30.5 Å². The fraction of sp³-hybridized carbons (Fsp3) is 0.154. The lowest BCUT2D eigenvalue weighted by Crippen LogP contribution is -2.16. The van der Waals surface area contributed by atoms with E-state index in [1.807, 2.05) is 0 Å². The second-order valence-corrected chi connectivity index (χ2v) is 4.20. The highest BCUT2D eigenvalue weighted by Crippen LogP contribution is 2.30. The van der Waals surface area contributed by atoms with Crippen molar-refractivity contribution in [3.8, 4) is 0 Å². The first-order chi connectivity index (χ1) is 9.75. The third-order valence-electron chi connectivity index (χ3n) is 2.51. The molecule has 1 amide bonds. The van der Waals surface area contributed by atoms with Crippen molar-refractivity contribution in [2.45, 2.75) is 13.1 Å². The minimum atomic E-state index is -4.74. The number of rotatable bonds is 2. The van der Waals surface area contributed by atoms with Crippen LogP contribution in [-0.4, -0.2) is 15.9 Å². The van der Waals surface area contributed by atoms with Gasteiger partial charge in [-0.3, -0.25) is 10.1 Å². The van der Waals surface area contributed by atoms with Gasteiger partial charge in [-0.25, -0.2) is 14.4 Å². The van der Waals surface area contributed by atoms with E-state index in [1.165, 1.54) is 6.20 Å². The zero-order valence-electron chi connectivity index (χ0n) is 10.7. The van der Waals surface area contributed by atoms with Gasteiger partial charge in [0.2, 0.25) is 5.95 Å². The number of halogens is 4. The van der Waals surface area contributed by atoms with Crippen molar-refractivity contribution < 1.29 is 22.4 Å². The predicted octanol–water partition coefficient (Wildman–Crippen LogP) is 3.20. The number of alkyl halides is 3. The van der Waals surface area contributed by atoms with Crippen molar-refractivity contribution >= 4 is 11.9 Å². The highest BCUT2D eigenvalue weighted by molar-refractivity contribution is 6.03. The summed E-state index contributed by atoms with van der Waals surface area (Å²) < 4.78 is 50.9. The Morgan fingerprint density at radius 2 is 1.95 bits per heavy atom. The van der Waals surface area contributed by atoms with Crippen LogP contribution in [0.4, 0.5) is 23.5 Å². The Morgan fingerprint density at radius 1 is 1.24 bits per heavy atom. The molecule has 2 rings (SSSR count). The highest BCUT2D eigenvalue weighted by Gasteiger charge is 2.32. The normalized spacial score (nSPS) is 11.3. The molecule has 0 aliphatic heterocycles. The van der Waals surface area contributed by atoms with E-state index in [9.17, 15) is 22.4 Å². The molecule has 21 heavy (non-hydrogen) atoms. The Kier molecular flexibility index (Phi) is 3.88. The number of anilines is 1. The maximum Gasteiger partial charge on any atom is 0.416 e. The quantitative estimate of drug-likeness (QED) is 0.866. The van der Waals surface area contributed by atoms with Crippen LogP contribution in [0.2, 0.25) is 0 Å². The van der Waals surface area contributed by atoms with Gasteiger partial charge in [-0.15, -0.1) is 0 Å². The second-order valence-electron chi connectivity index (χ2n) is 4.20. The standard InChI is InChI=1S/C13H9F4N3O/c1-7-2-3-18-12(19-7)20-11(21)8-4-9(13(15,16)17)6-10(14)5-8/h2-6H,1H3,(H,18,19,20,21). The summed E-state index contributed by atoms with van der Waals surface area (Å²) in [6.45, 7) is 1.65. The monoisotopic (exact) mass is 299 g/mol. The molecule has 0 spiro atoms. The number of aromatic nitrogens is 2. The van der Waals surface area contributed by atoms with Crippen LogP contribution in [0.25, 0.3) is 0 Å². The van der Waals surface area contributed by atoms with Gasteiger partial charge in [-0.1, -0.05) is 0 Å². The molecule has 0 aliphatic rings. The summed E-state index contributed by atoms with van der Waals surface area (Å²) in [5.74, 6) is -2.15. The molecular formula is C13H9F4N3O. The highest BCUT2D eigenvalue weighted by atomic mass is 19.4. The van der Waals surface area contributed by atoms with Crippen molar-refractivity contribution in [3.63, 3.8) is 0 Å². The minimum absolute atomic E-state index is 0.0715. The fourth-order valence-electron chi connectivity index (χ4n) is 1.57. The van der Waals surface area contributed by atoms with Crippen LogP contribution in [0.3, 0.4) is 0 Å². The third-order valence-corrected chi connectivity index (χ3v) is 2.51. The number of aryl methyl sites for hydroxylation is 1. The molecule has 0 unspecified atom stereocenters. The molecule has 0 radical (unpaired) electrons. The molecule has 1 aromatic carbocycles. The summed E-state index contributed by atoms with van der Waals surface area (Å²) in [6.07, 6.45) is -3.36. The first-order valence-corrected chi connectivity index (χ1v) is 5.74. The molecule has 0 saturated carbocycles. The molecule has 0 atom stereocenters. The van der Waals surface area contributed by atoms with Gasteiger partial charge < -0.3 is 0 Å². The van der Waals surface area contributed by atoms with Crippen LogP contribution in [0, 0.1) is 12.7 Å². The third kappa shape index (κ3) is 3.74. The minimum Gasteiger partial charge on any atom is -0.290 e. The number of carbonyl (C=O) groups excluding carboxylic acids is 1. The number of carbonyl (C=O) groups is 1. The molecule has 1 heterocycles. The molecular weight excluding hydrogens is 290 g/mol. The van der Waals surface area contributed by atoms with Crippen LogP contribution in [-0.2, 0) is 6.18 Å². The van der Waals surface area contributed by atoms with Crippen molar-refractivity contribution in [2.75, 3.05) is 5.32 Å². The first kappa shape index (κ1) is 14.9. The van der Waals surface area contributed by atoms with Gasteiger partial charge >= 0.3 is 6.18 Å². The molecule has 8 heteroatoms. The Bertz CT molecular complexity index is 685. The average Bonchev–Trinajstić information content (AvgIpc) is 2.37. The summed E-state index contributed by atoms with van der Waals surface area (Å²) in [7, 11) is 0. The topological polar surface area (TPSA) is 54.9 Å². The number of hydrogen-bond donors (Lipinski definition) is 1. The predicted molar refractivity (Wildman–Crippen MR) is 66.1 cm³/mol. The molecule has 1 N–H and O–H groups in total. The molecule has 0 fully saturated rings. The zero-order chi connectivity index (χ0) is 15.6. The van der Waals surface area contributed by atoms with Crippen LogP contribution < -0.4 is 5.32 Å². The van der Waals surface area contributed by atoms with Gasteiger partial charge in [0.05, 0.1) is 5.56 Å². The van der Waals surface area contributed by atoms with Crippen molar-refractivity contribution in [1.29, 1.82) is 0 Å². The van der Waals surface area contributed by atoms with E-state index in [2.05, 4.69) is 15.3 Å². The SMILES string of the molecule is Cc1ccnc(NC(=O)c2cc(F)cc(C(F)(F)F)c2)n1. The van der Waals surface area contributed by atoms with Crippen molar-refractivity contribution in [2.24, 2.45) is 0 Å². The first-order valence-electron chi connectivity index (χ1n) is 5.74. The molecule has 1 aromatic heterocycles. The summed E-state index contributed by atoms with van der Waals surface area (Å²) in [5.41, 5.74) is -1.14. The number of benzene rings is 1. The summed E-state index contributed by atoms with van der Waals surface area (Å²) in [4.78, 5) is 19.4. The van der Waals surface area contributed by atoms with Crippen molar-refractivity contribution in [3.05, 3.63) is 53.1 Å². The van der Waals surface area contributed by atoms with E-state index in [-0.39, 0.29) is 5.95 Å². The lowest BCUT2D eigenvalue weighted by molar-refractivity contribution is -0.137. The van der Waals surface area contributed by atoms with Gasteiger partial charge in [-0.2, -0.15) is 13.2 Å². The maximum absolute atomic E-state index is 13.2. The molecule has 0 saturated heterocycles. The lowest BCUT2D eigenvalue weighted by atomic mass is 10.1. The lowest BCUT2D eigenvalue weighted by Gasteiger charge is -2.09. The van der Waals surface area contributed by atoms with E-state index in [0.717, 1.165) is 0 Å². The number of nitrogens with zero attached hydrogens (tertiary/aromatic N) is 2. The Labute approximate surface area is 116 Å². The van der Waals surface area contributed by atoms with Gasteiger partial charge in [0.15, 0.2) is 0 Å². The van der Waals surface area contributed by atoms with Gasteiger partial charge in [0.25, 0.3) is 5.91 Å². The number of amides is 1. The largest absolute Gasteiger partial charge is 0.416 e. The van der Waals surface area contributed by atoms with Crippen LogP contribution in [0.1, 0.15) is 21.6 Å². The molecule has 0 aliphatic carbocycles. The summed E-state index contributed by atoms with van der Waals surface area (Å²) in [6, 6.07) is 3.17. The Hall–Kier alpha value is -2.51. The van der Waals surface area contributed by atoms with Gasteiger partial charge in [0, 0.05) is 17.5 Å². The number of nitrogens with one attached hydrogen (secondary N) is 1. The van der Waals surface area contributed by atoms with Crippen LogP contribution >= 0.6 is 0 Å². The smallest absolute Gasteiger partial charge is 0.290 e. The molecule has 4 nitrogen and oxygen atoms in total. The summed E-state index contributed by atoms with van der Waals surface area (Å²) >= 11 is 0. The van der Waals surface area contributed by atoms with E-state index < -0.39 is 29.0 Å². The van der Waals surface area contributed by atoms with E-state index >= 15 is 0 Å². The molecule has 110 valence electrons. The number of hydrogen-bond acceptors (Lipinski definition) is 3. The molecule has 2 aromatic rings. The second kappa shape index (κ2) is 5.47. The van der Waals surface area contributed by atoms with Crippen molar-refractivity contribution in [1.82, 2.24) is 9.97 Å². The average molecular weight is 299 g/mol. The Balaban J connectivity index is 2.29. The van der Waals surface area contributed by atoms with Gasteiger partial charge in [-0.05, 0) is 31.2 Å². The van der Waals surface area contributed by atoms with Gasteiger partial charge in [0.1, 0.15) is 5.82 Å². The van der Waals surface area contributed by atoms with Crippen LogP contribution in [0.5, 0.6) is 0 Å². The zero-order valence-corrected chi connectivity index (χ0v) is 10.7. The van der Waals surface area contributed by atoms with E-state index in [0.29, 0.717) is 23.9 Å². The summed E-state index contributed by atoms with van der Waals surface area (Å²) in [5, 5.41) is 2.21. The van der Waals surface area contributed by atoms with E-state index in [1.54, 1.807) is 13.0 Å². The van der Waals surface area contributed by atoms with E-state index in [4.69, 9.17) is 0 Å². The Morgan fingerprint density at radius 3 is 2.57 bits per heavy atom. The maximum atomic E-state index is 13.2.